The van der Waals surface area contributed by atoms with E-state index in [1.54, 1.807) is 0 Å². The predicted octanol–water partition coefficient (Wildman–Crippen LogP) is 1.30. The Bertz CT molecular complexity index is 280. The molecule has 1 aliphatic rings. The molecule has 0 bridgehead atoms. The predicted molar refractivity (Wildman–Crippen MR) is 67.1 cm³/mol. The Labute approximate surface area is 108 Å². The summed E-state index contributed by atoms with van der Waals surface area (Å²) in [6, 6.07) is 0.0933. The molecule has 0 saturated heterocycles. The normalized spacial score (nSPS) is 23.6. The molecular weight excluding hydrogens is 234 g/mol. The minimum absolute atomic E-state index is 0.0225. The third kappa shape index (κ3) is 5.49. The van der Waals surface area contributed by atoms with E-state index < -0.39 is 5.97 Å². The van der Waals surface area contributed by atoms with Crippen molar-refractivity contribution in [1.82, 2.24) is 5.32 Å². The molecule has 1 rings (SSSR count). The number of hydrogen-bond donors (Lipinski definition) is 3. The summed E-state index contributed by atoms with van der Waals surface area (Å²) in [7, 11) is 0. The number of rotatable bonds is 7. The van der Waals surface area contributed by atoms with Crippen molar-refractivity contribution in [3.05, 3.63) is 0 Å². The molecule has 2 unspecified atom stereocenters. The summed E-state index contributed by atoms with van der Waals surface area (Å²) in [5.41, 5.74) is 0. The molecular formula is C13H23NO4. The molecule has 1 fully saturated rings. The molecule has 0 aromatic rings. The van der Waals surface area contributed by atoms with Gasteiger partial charge in [0.15, 0.2) is 0 Å². The maximum Gasteiger partial charge on any atom is 0.303 e. The zero-order chi connectivity index (χ0) is 13.4. The third-order valence-electron chi connectivity index (χ3n) is 3.53. The Morgan fingerprint density at radius 1 is 1.11 bits per heavy atom. The molecule has 0 radical (unpaired) electrons. The standard InChI is InChI=1S/C13H23NO4/c15-9-10-5-1-2-6-11(10)14-12(16)7-3-4-8-13(17)18/h10-11,15H,1-9H2,(H,14,16)(H,17,18). The van der Waals surface area contributed by atoms with Crippen LogP contribution in [-0.4, -0.2) is 34.7 Å². The van der Waals surface area contributed by atoms with Crippen LogP contribution in [0.25, 0.3) is 0 Å². The zero-order valence-corrected chi connectivity index (χ0v) is 10.7. The molecule has 18 heavy (non-hydrogen) atoms. The molecule has 0 spiro atoms. The lowest BCUT2D eigenvalue weighted by Gasteiger charge is -2.30. The number of carboxylic acids is 1. The average Bonchev–Trinajstić information content (AvgIpc) is 2.35. The molecule has 5 nitrogen and oxygen atoms in total. The van der Waals surface area contributed by atoms with Gasteiger partial charge in [0.2, 0.25) is 5.91 Å². The second kappa shape index (κ2) is 8.08. The Hall–Kier alpha value is -1.10. The van der Waals surface area contributed by atoms with E-state index in [-0.39, 0.29) is 30.9 Å². The van der Waals surface area contributed by atoms with Crippen LogP contribution in [0.4, 0.5) is 0 Å². The van der Waals surface area contributed by atoms with Crippen LogP contribution in [0.1, 0.15) is 51.4 Å². The van der Waals surface area contributed by atoms with E-state index in [1.165, 1.54) is 0 Å². The first-order chi connectivity index (χ1) is 8.63. The number of unbranched alkanes of at least 4 members (excludes halogenated alkanes) is 1. The van der Waals surface area contributed by atoms with Gasteiger partial charge in [-0.25, -0.2) is 0 Å². The van der Waals surface area contributed by atoms with E-state index in [0.717, 1.165) is 25.7 Å². The largest absolute Gasteiger partial charge is 0.481 e. The fourth-order valence-electron chi connectivity index (χ4n) is 2.46. The minimum Gasteiger partial charge on any atom is -0.481 e. The number of aliphatic hydroxyl groups excluding tert-OH is 1. The van der Waals surface area contributed by atoms with Crippen LogP contribution >= 0.6 is 0 Å². The highest BCUT2D eigenvalue weighted by molar-refractivity contribution is 5.76. The van der Waals surface area contributed by atoms with Crippen LogP contribution in [0.5, 0.6) is 0 Å². The van der Waals surface area contributed by atoms with Crippen molar-refractivity contribution in [3.8, 4) is 0 Å². The van der Waals surface area contributed by atoms with E-state index in [2.05, 4.69) is 5.32 Å². The molecule has 0 heterocycles. The lowest BCUT2D eigenvalue weighted by Crippen LogP contribution is -2.43. The maximum absolute atomic E-state index is 11.7. The van der Waals surface area contributed by atoms with Crippen molar-refractivity contribution in [2.45, 2.75) is 57.4 Å². The molecule has 0 aliphatic heterocycles. The van der Waals surface area contributed by atoms with E-state index in [0.29, 0.717) is 19.3 Å². The number of aliphatic carboxylic acids is 1. The fourth-order valence-corrected chi connectivity index (χ4v) is 2.46. The van der Waals surface area contributed by atoms with Crippen LogP contribution in [0, 0.1) is 5.92 Å². The molecule has 1 aliphatic carbocycles. The summed E-state index contributed by atoms with van der Waals surface area (Å²) in [6.45, 7) is 0.129. The van der Waals surface area contributed by atoms with Crippen molar-refractivity contribution in [2.75, 3.05) is 6.61 Å². The van der Waals surface area contributed by atoms with Gasteiger partial charge in [0.05, 0.1) is 0 Å². The fraction of sp³-hybridized carbons (Fsp3) is 0.846. The second-order valence-electron chi connectivity index (χ2n) is 5.00. The van der Waals surface area contributed by atoms with Crippen molar-refractivity contribution >= 4 is 11.9 Å². The summed E-state index contributed by atoms with van der Waals surface area (Å²) in [5.74, 6) is -0.657. The van der Waals surface area contributed by atoms with E-state index >= 15 is 0 Å². The van der Waals surface area contributed by atoms with Gasteiger partial charge in [-0.1, -0.05) is 12.8 Å². The maximum atomic E-state index is 11.7. The first-order valence-electron chi connectivity index (χ1n) is 6.75. The monoisotopic (exact) mass is 257 g/mol. The minimum atomic E-state index is -0.817. The summed E-state index contributed by atoms with van der Waals surface area (Å²) in [5, 5.41) is 20.7. The lowest BCUT2D eigenvalue weighted by molar-refractivity contribution is -0.137. The third-order valence-corrected chi connectivity index (χ3v) is 3.53. The first kappa shape index (κ1) is 15.0. The Kier molecular flexibility index (Phi) is 6.72. The van der Waals surface area contributed by atoms with Gasteiger partial charge in [-0.3, -0.25) is 9.59 Å². The number of hydrogen-bond acceptors (Lipinski definition) is 3. The number of nitrogens with one attached hydrogen (secondary N) is 1. The molecule has 0 aromatic carbocycles. The molecule has 2 atom stereocenters. The number of carboxylic acid groups (broad SMARTS) is 1. The molecule has 1 saturated carbocycles. The number of aliphatic hydroxyl groups is 1. The highest BCUT2D eigenvalue weighted by Crippen LogP contribution is 2.24. The van der Waals surface area contributed by atoms with Crippen molar-refractivity contribution < 1.29 is 19.8 Å². The number of carbonyl (C=O) groups excluding carboxylic acids is 1. The lowest BCUT2D eigenvalue weighted by atomic mass is 9.85. The SMILES string of the molecule is O=C(O)CCCCC(=O)NC1CCCCC1CO. The second-order valence-corrected chi connectivity index (χ2v) is 5.00. The van der Waals surface area contributed by atoms with Gasteiger partial charge in [-0.05, 0) is 25.7 Å². The van der Waals surface area contributed by atoms with E-state index in [9.17, 15) is 14.7 Å². The van der Waals surface area contributed by atoms with Gasteiger partial charge in [0, 0.05) is 31.4 Å². The topological polar surface area (TPSA) is 86.6 Å². The van der Waals surface area contributed by atoms with E-state index in [1.807, 2.05) is 0 Å². The van der Waals surface area contributed by atoms with Gasteiger partial charge < -0.3 is 15.5 Å². The van der Waals surface area contributed by atoms with Crippen molar-refractivity contribution in [2.24, 2.45) is 5.92 Å². The van der Waals surface area contributed by atoms with Crippen molar-refractivity contribution in [1.29, 1.82) is 0 Å². The van der Waals surface area contributed by atoms with Gasteiger partial charge >= 0.3 is 5.97 Å². The van der Waals surface area contributed by atoms with Crippen LogP contribution in [0.2, 0.25) is 0 Å². The first-order valence-corrected chi connectivity index (χ1v) is 6.75. The van der Waals surface area contributed by atoms with Crippen LogP contribution in [0.3, 0.4) is 0 Å². The highest BCUT2D eigenvalue weighted by atomic mass is 16.4. The molecule has 3 N–H and O–H groups in total. The van der Waals surface area contributed by atoms with Crippen molar-refractivity contribution in [3.63, 3.8) is 0 Å². The van der Waals surface area contributed by atoms with Crippen LogP contribution in [0.15, 0.2) is 0 Å². The smallest absolute Gasteiger partial charge is 0.303 e. The summed E-state index contributed by atoms with van der Waals surface area (Å²) in [4.78, 5) is 22.0. The van der Waals surface area contributed by atoms with Gasteiger partial charge in [-0.15, -0.1) is 0 Å². The molecule has 5 heteroatoms. The van der Waals surface area contributed by atoms with Gasteiger partial charge in [0.1, 0.15) is 0 Å². The average molecular weight is 257 g/mol. The number of carbonyl (C=O) groups is 2. The van der Waals surface area contributed by atoms with E-state index in [4.69, 9.17) is 5.11 Å². The Balaban J connectivity index is 2.19. The highest BCUT2D eigenvalue weighted by Gasteiger charge is 2.25. The summed E-state index contributed by atoms with van der Waals surface area (Å²) < 4.78 is 0. The summed E-state index contributed by atoms with van der Waals surface area (Å²) in [6.07, 6.45) is 5.77. The van der Waals surface area contributed by atoms with Gasteiger partial charge in [0.25, 0.3) is 0 Å². The number of amides is 1. The molecule has 0 aromatic heterocycles. The van der Waals surface area contributed by atoms with Gasteiger partial charge in [-0.2, -0.15) is 0 Å². The Morgan fingerprint density at radius 2 is 1.78 bits per heavy atom. The van der Waals surface area contributed by atoms with Crippen LogP contribution in [-0.2, 0) is 9.59 Å². The zero-order valence-electron chi connectivity index (χ0n) is 10.7. The quantitative estimate of drug-likeness (QED) is 0.600. The molecule has 1 amide bonds. The Morgan fingerprint density at radius 3 is 2.44 bits per heavy atom. The van der Waals surface area contributed by atoms with Crippen LogP contribution < -0.4 is 5.32 Å². The molecule has 104 valence electrons. The summed E-state index contributed by atoms with van der Waals surface area (Å²) >= 11 is 0.